The highest BCUT2D eigenvalue weighted by Gasteiger charge is 2.23. The third-order valence-electron chi connectivity index (χ3n) is 4.86. The fraction of sp³-hybridized carbons (Fsp3) is 0.227. The molecule has 5 heteroatoms. The van der Waals surface area contributed by atoms with Crippen molar-refractivity contribution < 1.29 is 4.79 Å². The summed E-state index contributed by atoms with van der Waals surface area (Å²) >= 11 is 0. The minimum Gasteiger partial charge on any atom is -0.334 e. The summed E-state index contributed by atoms with van der Waals surface area (Å²) in [4.78, 5) is 14.8. The Balaban J connectivity index is 1.29. The number of nitrogens with one attached hydrogen (secondary N) is 2. The van der Waals surface area contributed by atoms with Crippen LogP contribution in [0.15, 0.2) is 79.1 Å². The Morgan fingerprint density at radius 2 is 1.81 bits per heavy atom. The van der Waals surface area contributed by atoms with E-state index in [9.17, 15) is 4.79 Å². The average Bonchev–Trinajstić information content (AvgIpc) is 3.35. The molecule has 138 valence electrons. The van der Waals surface area contributed by atoms with Gasteiger partial charge in [-0.15, -0.1) is 0 Å². The van der Waals surface area contributed by atoms with E-state index in [4.69, 9.17) is 0 Å². The summed E-state index contributed by atoms with van der Waals surface area (Å²) in [6.45, 7) is 2.81. The van der Waals surface area contributed by atoms with Crippen LogP contribution in [0.3, 0.4) is 0 Å². The predicted molar refractivity (Wildman–Crippen MR) is 108 cm³/mol. The molecule has 3 aromatic rings. The number of amides is 2. The summed E-state index contributed by atoms with van der Waals surface area (Å²) in [5.41, 5.74) is 3.12. The highest BCUT2D eigenvalue weighted by atomic mass is 16.2. The van der Waals surface area contributed by atoms with E-state index >= 15 is 0 Å². The molecule has 1 aliphatic rings. The topological polar surface area (TPSA) is 49.3 Å². The van der Waals surface area contributed by atoms with Gasteiger partial charge in [0.15, 0.2) is 0 Å². The highest BCUT2D eigenvalue weighted by molar-refractivity contribution is 5.89. The molecule has 1 saturated heterocycles. The lowest BCUT2D eigenvalue weighted by molar-refractivity contribution is 0.247. The van der Waals surface area contributed by atoms with Gasteiger partial charge in [-0.1, -0.05) is 36.4 Å². The molecule has 1 fully saturated rings. The number of urea groups is 1. The molecule has 2 heterocycles. The zero-order chi connectivity index (χ0) is 18.5. The molecule has 0 saturated carbocycles. The number of carbonyl (C=O) groups is 1. The third-order valence-corrected chi connectivity index (χ3v) is 4.86. The van der Waals surface area contributed by atoms with Gasteiger partial charge in [-0.3, -0.25) is 4.90 Å². The van der Waals surface area contributed by atoms with Crippen molar-refractivity contribution in [2.45, 2.75) is 19.0 Å². The molecule has 5 nitrogen and oxygen atoms in total. The Morgan fingerprint density at radius 3 is 2.63 bits per heavy atom. The summed E-state index contributed by atoms with van der Waals surface area (Å²) in [7, 11) is 0. The molecule has 1 unspecified atom stereocenters. The second-order valence-corrected chi connectivity index (χ2v) is 6.95. The second-order valence-electron chi connectivity index (χ2n) is 6.95. The number of hydrogen-bond donors (Lipinski definition) is 2. The van der Waals surface area contributed by atoms with Gasteiger partial charge in [0.2, 0.25) is 0 Å². The quantitative estimate of drug-likeness (QED) is 0.726. The molecular formula is C22H24N4O. The zero-order valence-electron chi connectivity index (χ0n) is 15.2. The average molecular weight is 360 g/mol. The maximum absolute atomic E-state index is 12.4. The molecule has 2 amide bonds. The molecule has 0 aliphatic carbocycles. The van der Waals surface area contributed by atoms with Crippen LogP contribution in [-0.2, 0) is 6.54 Å². The Labute approximate surface area is 159 Å². The van der Waals surface area contributed by atoms with Gasteiger partial charge < -0.3 is 15.2 Å². The largest absolute Gasteiger partial charge is 0.334 e. The molecular weight excluding hydrogens is 336 g/mol. The summed E-state index contributed by atoms with van der Waals surface area (Å²) in [6, 6.07) is 22.3. The summed E-state index contributed by atoms with van der Waals surface area (Å²) in [5, 5.41) is 6.05. The van der Waals surface area contributed by atoms with Crippen LogP contribution in [0, 0.1) is 0 Å². The molecule has 4 rings (SSSR count). The monoisotopic (exact) mass is 360 g/mol. The number of aromatic nitrogens is 1. The number of hydrogen-bond acceptors (Lipinski definition) is 2. The minimum atomic E-state index is -0.147. The first kappa shape index (κ1) is 17.4. The van der Waals surface area contributed by atoms with Crippen molar-refractivity contribution in [2.24, 2.45) is 0 Å². The standard InChI is InChI=1S/C22H24N4O/c27-22(23-19-9-6-10-21(15-19)26-12-4-5-13-26)24-20-11-14-25(17-20)16-18-7-2-1-3-8-18/h1-10,12-13,15,20H,11,14,16-17H2,(H2,23,24,27). The van der Waals surface area contributed by atoms with Crippen LogP contribution in [0.5, 0.6) is 0 Å². The third kappa shape index (κ3) is 4.57. The zero-order valence-corrected chi connectivity index (χ0v) is 15.2. The van der Waals surface area contributed by atoms with Crippen LogP contribution in [0.2, 0.25) is 0 Å². The van der Waals surface area contributed by atoms with Crippen molar-refractivity contribution in [3.63, 3.8) is 0 Å². The van der Waals surface area contributed by atoms with Crippen molar-refractivity contribution >= 4 is 11.7 Å². The summed E-state index contributed by atoms with van der Waals surface area (Å²) < 4.78 is 2.02. The molecule has 27 heavy (non-hydrogen) atoms. The van der Waals surface area contributed by atoms with E-state index in [1.165, 1.54) is 5.56 Å². The Bertz CT molecular complexity index is 876. The van der Waals surface area contributed by atoms with Crippen LogP contribution < -0.4 is 10.6 Å². The molecule has 1 atom stereocenters. The Hall–Kier alpha value is -3.05. The molecule has 0 bridgehead atoms. The van der Waals surface area contributed by atoms with E-state index in [-0.39, 0.29) is 12.1 Å². The second kappa shape index (κ2) is 8.10. The van der Waals surface area contributed by atoms with Crippen molar-refractivity contribution in [3.8, 4) is 5.69 Å². The first-order valence-corrected chi connectivity index (χ1v) is 9.33. The molecule has 2 N–H and O–H groups in total. The van der Waals surface area contributed by atoms with Crippen LogP contribution >= 0.6 is 0 Å². The van der Waals surface area contributed by atoms with E-state index in [0.717, 1.165) is 37.4 Å². The number of nitrogens with zero attached hydrogens (tertiary/aromatic N) is 2. The molecule has 1 aliphatic heterocycles. The maximum atomic E-state index is 12.4. The van der Waals surface area contributed by atoms with Gasteiger partial charge in [0.25, 0.3) is 0 Å². The van der Waals surface area contributed by atoms with Gasteiger partial charge in [-0.05, 0) is 42.3 Å². The van der Waals surface area contributed by atoms with Crippen molar-refractivity contribution in [1.29, 1.82) is 0 Å². The maximum Gasteiger partial charge on any atom is 0.319 e. The number of likely N-dealkylation sites (tertiary alicyclic amines) is 1. The normalized spacial score (nSPS) is 17.0. The first-order chi connectivity index (χ1) is 13.3. The van der Waals surface area contributed by atoms with E-state index in [2.05, 4.69) is 39.8 Å². The summed E-state index contributed by atoms with van der Waals surface area (Å²) in [6.07, 6.45) is 4.95. The number of anilines is 1. The Kier molecular flexibility index (Phi) is 5.21. The van der Waals surface area contributed by atoms with E-state index in [1.807, 2.05) is 59.4 Å². The Morgan fingerprint density at radius 1 is 1.00 bits per heavy atom. The van der Waals surface area contributed by atoms with Crippen LogP contribution in [0.1, 0.15) is 12.0 Å². The lowest BCUT2D eigenvalue weighted by Crippen LogP contribution is -2.39. The summed E-state index contributed by atoms with van der Waals surface area (Å²) in [5.74, 6) is 0. The van der Waals surface area contributed by atoms with E-state index in [1.54, 1.807) is 0 Å². The fourth-order valence-electron chi connectivity index (χ4n) is 3.54. The van der Waals surface area contributed by atoms with Gasteiger partial charge in [0.1, 0.15) is 0 Å². The molecule has 0 spiro atoms. The van der Waals surface area contributed by atoms with Gasteiger partial charge in [-0.25, -0.2) is 4.79 Å². The molecule has 1 aromatic heterocycles. The van der Waals surface area contributed by atoms with Crippen molar-refractivity contribution in [3.05, 3.63) is 84.7 Å². The highest BCUT2D eigenvalue weighted by Crippen LogP contribution is 2.16. The number of carbonyl (C=O) groups excluding carboxylic acids is 1. The predicted octanol–water partition coefficient (Wildman–Crippen LogP) is 3.87. The number of benzene rings is 2. The fourth-order valence-corrected chi connectivity index (χ4v) is 3.54. The molecule has 0 radical (unpaired) electrons. The minimum absolute atomic E-state index is 0.147. The van der Waals surface area contributed by atoms with Crippen molar-refractivity contribution in [2.75, 3.05) is 18.4 Å². The van der Waals surface area contributed by atoms with Gasteiger partial charge >= 0.3 is 6.03 Å². The lowest BCUT2D eigenvalue weighted by atomic mass is 10.2. The van der Waals surface area contributed by atoms with Gasteiger partial charge in [-0.2, -0.15) is 0 Å². The van der Waals surface area contributed by atoms with Crippen LogP contribution in [0.25, 0.3) is 5.69 Å². The number of rotatable bonds is 5. The van der Waals surface area contributed by atoms with E-state index < -0.39 is 0 Å². The van der Waals surface area contributed by atoms with Gasteiger partial charge in [0, 0.05) is 49.4 Å². The smallest absolute Gasteiger partial charge is 0.319 e. The van der Waals surface area contributed by atoms with E-state index in [0.29, 0.717) is 0 Å². The lowest BCUT2D eigenvalue weighted by Gasteiger charge is -2.17. The van der Waals surface area contributed by atoms with Crippen molar-refractivity contribution in [1.82, 2.24) is 14.8 Å². The van der Waals surface area contributed by atoms with Crippen LogP contribution in [-0.4, -0.2) is 34.6 Å². The first-order valence-electron chi connectivity index (χ1n) is 9.33. The van der Waals surface area contributed by atoms with Gasteiger partial charge in [0.05, 0.1) is 0 Å². The van der Waals surface area contributed by atoms with Crippen LogP contribution in [0.4, 0.5) is 10.5 Å². The SMILES string of the molecule is O=C(Nc1cccc(-n2cccc2)c1)NC1CCN(Cc2ccccc2)C1. The molecule has 2 aromatic carbocycles.